The number of hydrogen-bond donors (Lipinski definition) is 1. The minimum atomic E-state index is -0.463. The van der Waals surface area contributed by atoms with Gasteiger partial charge in [-0.25, -0.2) is 4.98 Å². The van der Waals surface area contributed by atoms with Crippen LogP contribution in [0.3, 0.4) is 0 Å². The fourth-order valence-electron chi connectivity index (χ4n) is 4.73. The SMILES string of the molecule is COc1cc2nc([C@]3(C)CCCN3c3c(-n4nccn4)[c]cc(OC)c3OC)[nH]c2cc1OC. The summed E-state index contributed by atoms with van der Waals surface area (Å²) in [5.41, 5.74) is 2.69. The lowest BCUT2D eigenvalue weighted by molar-refractivity contribution is 0.351. The van der Waals surface area contributed by atoms with E-state index in [1.165, 1.54) is 0 Å². The maximum Gasteiger partial charge on any atom is 0.186 e. The molecule has 0 bridgehead atoms. The summed E-state index contributed by atoms with van der Waals surface area (Å²) in [5, 5.41) is 8.69. The quantitative estimate of drug-likeness (QED) is 0.445. The molecule has 2 aromatic heterocycles. The van der Waals surface area contributed by atoms with E-state index in [4.69, 9.17) is 23.9 Å². The van der Waals surface area contributed by atoms with Crippen molar-refractivity contribution >= 4 is 16.7 Å². The summed E-state index contributed by atoms with van der Waals surface area (Å²) < 4.78 is 22.4. The number of H-pyrrole nitrogens is 1. The summed E-state index contributed by atoms with van der Waals surface area (Å²) >= 11 is 0. The number of fused-ring (bicyclic) bond motifs is 1. The lowest BCUT2D eigenvalue weighted by Gasteiger charge is -2.37. The van der Waals surface area contributed by atoms with Gasteiger partial charge in [0.15, 0.2) is 23.0 Å². The number of rotatable bonds is 7. The Kier molecular flexibility index (Phi) is 5.43. The Bertz CT molecular complexity index is 1280. The van der Waals surface area contributed by atoms with E-state index in [9.17, 15) is 0 Å². The van der Waals surface area contributed by atoms with Gasteiger partial charge in [-0.05, 0) is 25.8 Å². The second kappa shape index (κ2) is 8.44. The number of benzene rings is 2. The van der Waals surface area contributed by atoms with Crippen molar-refractivity contribution in [3.8, 4) is 28.7 Å². The molecule has 34 heavy (non-hydrogen) atoms. The van der Waals surface area contributed by atoms with Gasteiger partial charge in [0, 0.05) is 24.7 Å². The average molecular weight is 464 g/mol. The van der Waals surface area contributed by atoms with Crippen LogP contribution in [0.5, 0.6) is 23.0 Å². The standard InChI is InChI=1S/C24H27N6O4/c1-24(23-27-15-13-19(32-3)20(33-4)14-16(15)28-23)9-6-12-29(24)21-17(30-25-10-11-26-30)7-8-18(31-2)22(21)34-5/h8,10-11,13-14H,6,9,12H2,1-5H3,(H,27,28)/t24-/m0/s1. The fourth-order valence-corrected chi connectivity index (χ4v) is 4.73. The van der Waals surface area contributed by atoms with E-state index in [2.05, 4.69) is 33.1 Å². The van der Waals surface area contributed by atoms with Gasteiger partial charge in [-0.3, -0.25) is 0 Å². The van der Waals surface area contributed by atoms with Crippen LogP contribution in [-0.4, -0.2) is 59.9 Å². The van der Waals surface area contributed by atoms with Crippen LogP contribution in [0.2, 0.25) is 0 Å². The highest BCUT2D eigenvalue weighted by atomic mass is 16.5. The molecule has 3 heterocycles. The van der Waals surface area contributed by atoms with Crippen LogP contribution in [0.25, 0.3) is 16.7 Å². The van der Waals surface area contributed by atoms with Crippen molar-refractivity contribution in [2.45, 2.75) is 25.3 Å². The number of ether oxygens (including phenoxy) is 4. The first kappa shape index (κ1) is 21.9. The first-order valence-electron chi connectivity index (χ1n) is 11.0. The third kappa shape index (κ3) is 3.28. The highest BCUT2D eigenvalue weighted by Gasteiger charge is 2.44. The molecule has 1 fully saturated rings. The number of imidazole rings is 1. The van der Waals surface area contributed by atoms with Crippen LogP contribution >= 0.6 is 0 Å². The molecule has 0 spiro atoms. The maximum absolute atomic E-state index is 5.85. The molecule has 177 valence electrons. The van der Waals surface area contributed by atoms with Gasteiger partial charge >= 0.3 is 0 Å². The van der Waals surface area contributed by atoms with Crippen LogP contribution < -0.4 is 23.8 Å². The van der Waals surface area contributed by atoms with Gasteiger partial charge in [0.2, 0.25) is 0 Å². The van der Waals surface area contributed by atoms with Crippen molar-refractivity contribution in [2.24, 2.45) is 0 Å². The molecule has 1 aliphatic heterocycles. The fraction of sp³-hybridized carbons (Fsp3) is 0.375. The molecule has 0 amide bonds. The Balaban J connectivity index is 1.69. The molecule has 1 aliphatic rings. The third-order valence-corrected chi connectivity index (χ3v) is 6.45. The van der Waals surface area contributed by atoms with E-state index in [0.717, 1.165) is 41.9 Å². The second-order valence-electron chi connectivity index (χ2n) is 8.24. The van der Waals surface area contributed by atoms with Crippen molar-refractivity contribution in [2.75, 3.05) is 39.9 Å². The number of nitrogens with zero attached hydrogens (tertiary/aromatic N) is 5. The van der Waals surface area contributed by atoms with Crippen molar-refractivity contribution in [3.05, 3.63) is 42.5 Å². The molecule has 4 aromatic rings. The van der Waals surface area contributed by atoms with E-state index in [0.29, 0.717) is 28.7 Å². The van der Waals surface area contributed by atoms with Gasteiger partial charge in [0.05, 0.1) is 57.4 Å². The molecule has 1 radical (unpaired) electrons. The molecule has 10 nitrogen and oxygen atoms in total. The zero-order valence-electron chi connectivity index (χ0n) is 19.9. The van der Waals surface area contributed by atoms with Crippen LogP contribution in [0.4, 0.5) is 5.69 Å². The van der Waals surface area contributed by atoms with Gasteiger partial charge < -0.3 is 28.8 Å². The highest BCUT2D eigenvalue weighted by molar-refractivity contribution is 5.81. The number of aromatic amines is 1. The molecular formula is C24H27N6O4. The summed E-state index contributed by atoms with van der Waals surface area (Å²) in [5.74, 6) is 3.30. The minimum absolute atomic E-state index is 0.463. The number of nitrogens with one attached hydrogen (secondary N) is 1. The van der Waals surface area contributed by atoms with Gasteiger partial charge in [0.25, 0.3) is 0 Å². The first-order valence-corrected chi connectivity index (χ1v) is 11.0. The zero-order valence-corrected chi connectivity index (χ0v) is 19.9. The van der Waals surface area contributed by atoms with Crippen LogP contribution in [0.1, 0.15) is 25.6 Å². The van der Waals surface area contributed by atoms with Gasteiger partial charge in [-0.15, -0.1) is 4.80 Å². The van der Waals surface area contributed by atoms with Crippen LogP contribution in [0, 0.1) is 6.07 Å². The van der Waals surface area contributed by atoms with Gasteiger partial charge in [-0.1, -0.05) is 0 Å². The lowest BCUT2D eigenvalue weighted by atomic mass is 9.97. The molecular weight excluding hydrogens is 436 g/mol. The van der Waals surface area contributed by atoms with E-state index < -0.39 is 5.54 Å². The molecule has 0 aliphatic carbocycles. The van der Waals surface area contributed by atoms with Gasteiger partial charge in [0.1, 0.15) is 17.2 Å². The average Bonchev–Trinajstić information content (AvgIpc) is 3.62. The summed E-state index contributed by atoms with van der Waals surface area (Å²) in [6, 6.07) is 8.82. The monoisotopic (exact) mass is 463 g/mol. The molecule has 10 heteroatoms. The van der Waals surface area contributed by atoms with Crippen molar-refractivity contribution in [1.82, 2.24) is 25.0 Å². The Morgan fingerprint density at radius 3 is 2.35 bits per heavy atom. The Hall–Kier alpha value is -3.95. The van der Waals surface area contributed by atoms with E-state index >= 15 is 0 Å². The molecule has 2 aromatic carbocycles. The number of anilines is 1. The largest absolute Gasteiger partial charge is 0.493 e. The predicted octanol–water partition coefficient (Wildman–Crippen LogP) is 3.49. The van der Waals surface area contributed by atoms with E-state index in [-0.39, 0.29) is 0 Å². The Morgan fingerprint density at radius 2 is 1.68 bits per heavy atom. The molecule has 1 saturated heterocycles. The van der Waals surface area contributed by atoms with Crippen molar-refractivity contribution in [3.63, 3.8) is 0 Å². The zero-order chi connectivity index (χ0) is 23.9. The Morgan fingerprint density at radius 1 is 0.971 bits per heavy atom. The summed E-state index contributed by atoms with van der Waals surface area (Å²) in [4.78, 5) is 12.3. The van der Waals surface area contributed by atoms with E-state index in [1.54, 1.807) is 51.7 Å². The van der Waals surface area contributed by atoms with Gasteiger partial charge in [-0.2, -0.15) is 10.2 Å². The normalized spacial score (nSPS) is 17.9. The van der Waals surface area contributed by atoms with Crippen molar-refractivity contribution in [1.29, 1.82) is 0 Å². The lowest BCUT2D eigenvalue weighted by Crippen LogP contribution is -2.40. The number of hydrogen-bond acceptors (Lipinski definition) is 8. The summed E-state index contributed by atoms with van der Waals surface area (Å²) in [6.45, 7) is 2.96. The van der Waals surface area contributed by atoms with Crippen LogP contribution in [-0.2, 0) is 5.54 Å². The second-order valence-corrected chi connectivity index (χ2v) is 8.24. The molecule has 5 rings (SSSR count). The molecule has 0 unspecified atom stereocenters. The number of methoxy groups -OCH3 is 4. The molecule has 1 N–H and O–H groups in total. The summed E-state index contributed by atoms with van der Waals surface area (Å²) in [6.07, 6.45) is 5.12. The van der Waals surface area contributed by atoms with E-state index in [1.807, 2.05) is 12.1 Å². The Labute approximate surface area is 197 Å². The third-order valence-electron chi connectivity index (χ3n) is 6.45. The molecule has 0 saturated carbocycles. The highest BCUT2D eigenvalue weighted by Crippen LogP contribution is 2.49. The topological polar surface area (TPSA) is 99.5 Å². The van der Waals surface area contributed by atoms with Crippen LogP contribution in [0.15, 0.2) is 30.6 Å². The first-order chi connectivity index (χ1) is 16.5. The van der Waals surface area contributed by atoms with Crippen molar-refractivity contribution < 1.29 is 18.9 Å². The smallest absolute Gasteiger partial charge is 0.186 e. The maximum atomic E-state index is 5.85. The number of aromatic nitrogens is 5. The minimum Gasteiger partial charge on any atom is -0.493 e. The molecule has 1 atom stereocenters. The summed E-state index contributed by atoms with van der Waals surface area (Å²) in [7, 11) is 6.49. The predicted molar refractivity (Wildman–Crippen MR) is 126 cm³/mol.